The number of aliphatic hydroxyl groups excluding tert-OH is 3. The summed E-state index contributed by atoms with van der Waals surface area (Å²) in [6, 6.07) is 0. The Morgan fingerprint density at radius 2 is 2.00 bits per heavy atom. The number of halogens is 1. The lowest BCUT2D eigenvalue weighted by atomic mass is 10.1. The molecule has 0 radical (unpaired) electrons. The number of carboxylic acids is 1. The molecule has 1 aromatic heterocycles. The molecular formula is C10H11IN2O8. The highest BCUT2D eigenvalue weighted by Crippen LogP contribution is 2.30. The van der Waals surface area contributed by atoms with E-state index in [2.05, 4.69) is 0 Å². The van der Waals surface area contributed by atoms with E-state index in [0.29, 0.717) is 0 Å². The number of H-pyrrole nitrogens is 1. The second kappa shape index (κ2) is 5.84. The molecule has 1 aliphatic rings. The minimum Gasteiger partial charge on any atom is -0.479 e. The number of rotatable bonds is 3. The summed E-state index contributed by atoms with van der Waals surface area (Å²) in [4.78, 5) is 35.6. The molecule has 21 heavy (non-hydrogen) atoms. The summed E-state index contributed by atoms with van der Waals surface area (Å²) in [6.07, 6.45) is -7.38. The van der Waals surface area contributed by atoms with E-state index < -0.39 is 47.9 Å². The normalized spacial score (nSPS) is 30.3. The van der Waals surface area contributed by atoms with Crippen molar-refractivity contribution < 1.29 is 30.0 Å². The molecule has 1 saturated heterocycles. The van der Waals surface area contributed by atoms with Crippen molar-refractivity contribution in [2.75, 3.05) is 0 Å². The summed E-state index contributed by atoms with van der Waals surface area (Å²) >= 11 is 1.65. The minimum atomic E-state index is -2.07. The van der Waals surface area contributed by atoms with Gasteiger partial charge < -0.3 is 25.2 Å². The van der Waals surface area contributed by atoms with Gasteiger partial charge in [0.2, 0.25) is 0 Å². The quantitative estimate of drug-likeness (QED) is 0.332. The van der Waals surface area contributed by atoms with Crippen molar-refractivity contribution in [3.8, 4) is 0 Å². The first-order chi connectivity index (χ1) is 9.73. The van der Waals surface area contributed by atoms with Crippen molar-refractivity contribution in [3.63, 3.8) is 0 Å². The van der Waals surface area contributed by atoms with Gasteiger partial charge in [-0.05, 0) is 22.6 Å². The lowest BCUT2D eigenvalue weighted by Gasteiger charge is -2.18. The summed E-state index contributed by atoms with van der Waals surface area (Å²) in [5.74, 6) is -1.64. The molecule has 0 saturated carbocycles. The molecule has 1 aliphatic heterocycles. The second-order valence-corrected chi connectivity index (χ2v) is 5.56. The number of hydrogen-bond acceptors (Lipinski definition) is 7. The van der Waals surface area contributed by atoms with Crippen LogP contribution in [0.4, 0.5) is 0 Å². The first-order valence-corrected chi connectivity index (χ1v) is 6.75. The molecular weight excluding hydrogens is 403 g/mol. The predicted octanol–water partition coefficient (Wildman–Crippen LogP) is -2.79. The van der Waals surface area contributed by atoms with Gasteiger partial charge in [0, 0.05) is 6.20 Å². The second-order valence-electron chi connectivity index (χ2n) is 4.40. The summed E-state index contributed by atoms with van der Waals surface area (Å²) in [6.45, 7) is 0. The molecule has 2 heterocycles. The number of nitrogens with zero attached hydrogens (tertiary/aromatic N) is 1. The Morgan fingerprint density at radius 3 is 2.57 bits per heavy atom. The Balaban J connectivity index is 2.38. The first-order valence-electron chi connectivity index (χ1n) is 5.67. The van der Waals surface area contributed by atoms with E-state index in [4.69, 9.17) is 9.84 Å². The van der Waals surface area contributed by atoms with Gasteiger partial charge in [-0.15, -0.1) is 0 Å². The van der Waals surface area contributed by atoms with Crippen LogP contribution in [0.3, 0.4) is 0 Å². The number of nitrogens with one attached hydrogen (secondary N) is 1. The molecule has 116 valence electrons. The van der Waals surface area contributed by atoms with Gasteiger partial charge in [-0.3, -0.25) is 14.3 Å². The average molecular weight is 414 g/mol. The lowest BCUT2D eigenvalue weighted by Crippen LogP contribution is -2.42. The Hall–Kier alpha value is -1.28. The minimum absolute atomic E-state index is 0.125. The highest BCUT2D eigenvalue weighted by molar-refractivity contribution is 14.1. The first kappa shape index (κ1) is 16.1. The Kier molecular flexibility index (Phi) is 4.48. The largest absolute Gasteiger partial charge is 0.479 e. The van der Waals surface area contributed by atoms with E-state index >= 15 is 0 Å². The Labute approximate surface area is 129 Å². The number of carbonyl (C=O) groups is 1. The molecule has 10 nitrogen and oxygen atoms in total. The van der Waals surface area contributed by atoms with Crippen LogP contribution in [0.1, 0.15) is 6.23 Å². The number of aromatic nitrogens is 2. The van der Waals surface area contributed by atoms with Crippen molar-refractivity contribution in [2.24, 2.45) is 0 Å². The van der Waals surface area contributed by atoms with Crippen LogP contribution in [0.5, 0.6) is 0 Å². The summed E-state index contributed by atoms with van der Waals surface area (Å²) < 4.78 is 6.01. The van der Waals surface area contributed by atoms with E-state index in [1.807, 2.05) is 4.98 Å². The molecule has 5 atom stereocenters. The fraction of sp³-hybridized carbons (Fsp3) is 0.500. The topological polar surface area (TPSA) is 162 Å². The predicted molar refractivity (Wildman–Crippen MR) is 73.6 cm³/mol. The molecule has 11 heteroatoms. The maximum absolute atomic E-state index is 11.7. The number of aliphatic hydroxyl groups is 3. The monoisotopic (exact) mass is 414 g/mol. The fourth-order valence-corrected chi connectivity index (χ4v) is 2.40. The Bertz CT molecular complexity index is 670. The number of carboxylic acid groups (broad SMARTS) is 1. The van der Waals surface area contributed by atoms with Crippen LogP contribution >= 0.6 is 22.6 Å². The highest BCUT2D eigenvalue weighted by Gasteiger charge is 2.49. The fourth-order valence-electron chi connectivity index (χ4n) is 1.97. The van der Waals surface area contributed by atoms with Crippen molar-refractivity contribution in [1.29, 1.82) is 0 Å². The zero-order valence-corrected chi connectivity index (χ0v) is 12.4. The molecule has 1 fully saturated rings. The average Bonchev–Trinajstić information content (AvgIpc) is 2.70. The molecule has 0 spiro atoms. The van der Waals surface area contributed by atoms with E-state index in [1.54, 1.807) is 22.6 Å². The number of ether oxygens (including phenoxy) is 1. The van der Waals surface area contributed by atoms with Gasteiger partial charge in [0.05, 0.1) is 3.57 Å². The zero-order chi connectivity index (χ0) is 15.9. The zero-order valence-electron chi connectivity index (χ0n) is 10.2. The van der Waals surface area contributed by atoms with Gasteiger partial charge in [0.25, 0.3) is 5.56 Å². The van der Waals surface area contributed by atoms with E-state index in [0.717, 1.165) is 10.8 Å². The lowest BCUT2D eigenvalue weighted by molar-refractivity contribution is -0.160. The van der Waals surface area contributed by atoms with Crippen molar-refractivity contribution in [2.45, 2.75) is 30.6 Å². The number of hydrogen-bond donors (Lipinski definition) is 5. The smallest absolute Gasteiger partial charge is 0.335 e. The van der Waals surface area contributed by atoms with Gasteiger partial charge in [-0.25, -0.2) is 9.59 Å². The van der Waals surface area contributed by atoms with Crippen molar-refractivity contribution >= 4 is 28.6 Å². The standard InChI is InChI=1S/C10H11IN2O8/c11-2-1-13(10(20)12-7(2)17)8-4(15)3(14)6(21-8)5(16)9(18)19/h1,3-6,8,14-16H,(H,18,19)(H,12,17,20). The van der Waals surface area contributed by atoms with Crippen LogP contribution in [-0.4, -0.2) is 60.4 Å². The van der Waals surface area contributed by atoms with Crippen LogP contribution in [0, 0.1) is 3.57 Å². The van der Waals surface area contributed by atoms with E-state index in [9.17, 15) is 29.7 Å². The molecule has 5 unspecified atom stereocenters. The molecule has 0 amide bonds. The maximum Gasteiger partial charge on any atom is 0.335 e. The third-order valence-corrected chi connectivity index (χ3v) is 3.81. The SMILES string of the molecule is O=C(O)C(O)C1OC(n2cc(I)c(=O)[nH]c2=O)C(O)C1O. The summed E-state index contributed by atoms with van der Waals surface area (Å²) in [5, 5.41) is 37.7. The summed E-state index contributed by atoms with van der Waals surface area (Å²) in [7, 11) is 0. The molecule has 0 aromatic carbocycles. The maximum atomic E-state index is 11.7. The van der Waals surface area contributed by atoms with Crippen LogP contribution in [0.2, 0.25) is 0 Å². The third kappa shape index (κ3) is 2.87. The molecule has 2 rings (SSSR count). The van der Waals surface area contributed by atoms with Gasteiger partial charge >= 0.3 is 11.7 Å². The van der Waals surface area contributed by atoms with Gasteiger partial charge in [-0.1, -0.05) is 0 Å². The van der Waals surface area contributed by atoms with Gasteiger partial charge in [0.1, 0.15) is 18.3 Å². The van der Waals surface area contributed by atoms with Gasteiger partial charge in [0.15, 0.2) is 12.3 Å². The number of aromatic amines is 1. The van der Waals surface area contributed by atoms with Crippen LogP contribution in [0.15, 0.2) is 15.8 Å². The van der Waals surface area contributed by atoms with Crippen LogP contribution in [-0.2, 0) is 9.53 Å². The van der Waals surface area contributed by atoms with E-state index in [-0.39, 0.29) is 3.57 Å². The number of aliphatic carboxylic acids is 1. The molecule has 0 aliphatic carbocycles. The highest BCUT2D eigenvalue weighted by atomic mass is 127. The van der Waals surface area contributed by atoms with Crippen LogP contribution in [0.25, 0.3) is 0 Å². The third-order valence-electron chi connectivity index (χ3n) is 3.04. The molecule has 1 aromatic rings. The molecule has 0 bridgehead atoms. The van der Waals surface area contributed by atoms with Crippen molar-refractivity contribution in [1.82, 2.24) is 9.55 Å². The van der Waals surface area contributed by atoms with E-state index in [1.165, 1.54) is 0 Å². The Morgan fingerprint density at radius 1 is 1.38 bits per heavy atom. The van der Waals surface area contributed by atoms with Gasteiger partial charge in [-0.2, -0.15) is 0 Å². The molecule has 5 N–H and O–H groups in total. The summed E-state index contributed by atoms with van der Waals surface area (Å²) in [5.41, 5.74) is -1.53. The van der Waals surface area contributed by atoms with Crippen molar-refractivity contribution in [3.05, 3.63) is 30.6 Å². The van der Waals surface area contributed by atoms with Crippen LogP contribution < -0.4 is 11.2 Å².